The standard InChI is InChI=1S/C22H30N4O3/c1-3-16-13-26(22(27)18-6-4-15(5-7-18)14-28-2)11-10-19(16)23-12-20-24-21(29-25-20)17-8-9-17/h4-7,16-17,19,23H,3,8-14H2,1-2H3. The number of aromatic nitrogens is 2. The lowest BCUT2D eigenvalue weighted by molar-refractivity contribution is 0.0624. The van der Waals surface area contributed by atoms with Gasteiger partial charge in [-0.15, -0.1) is 0 Å². The highest BCUT2D eigenvalue weighted by Crippen LogP contribution is 2.38. The molecule has 0 radical (unpaired) electrons. The second kappa shape index (κ2) is 9.05. The molecule has 4 rings (SSSR count). The summed E-state index contributed by atoms with van der Waals surface area (Å²) in [4.78, 5) is 19.4. The number of nitrogens with one attached hydrogen (secondary N) is 1. The molecule has 2 atom stereocenters. The van der Waals surface area contributed by atoms with Crippen molar-refractivity contribution in [3.63, 3.8) is 0 Å². The number of hydrogen-bond acceptors (Lipinski definition) is 6. The predicted molar refractivity (Wildman–Crippen MR) is 108 cm³/mol. The molecule has 0 spiro atoms. The van der Waals surface area contributed by atoms with Crippen LogP contribution in [0.2, 0.25) is 0 Å². The summed E-state index contributed by atoms with van der Waals surface area (Å²) >= 11 is 0. The number of carbonyl (C=O) groups excluding carboxylic acids is 1. The van der Waals surface area contributed by atoms with Crippen molar-refractivity contribution in [2.75, 3.05) is 20.2 Å². The predicted octanol–water partition coefficient (Wildman–Crippen LogP) is 3.12. The third-order valence-corrected chi connectivity index (χ3v) is 5.99. The summed E-state index contributed by atoms with van der Waals surface area (Å²) in [6, 6.07) is 8.08. The molecule has 0 bridgehead atoms. The first-order valence-corrected chi connectivity index (χ1v) is 10.6. The van der Waals surface area contributed by atoms with E-state index in [1.165, 1.54) is 0 Å². The Labute approximate surface area is 171 Å². The molecule has 1 aliphatic heterocycles. The van der Waals surface area contributed by atoms with Crippen molar-refractivity contribution in [1.82, 2.24) is 20.4 Å². The van der Waals surface area contributed by atoms with Crippen LogP contribution in [0.5, 0.6) is 0 Å². The van der Waals surface area contributed by atoms with Crippen LogP contribution >= 0.6 is 0 Å². The topological polar surface area (TPSA) is 80.5 Å². The number of benzene rings is 1. The fourth-order valence-electron chi connectivity index (χ4n) is 4.05. The van der Waals surface area contributed by atoms with E-state index in [2.05, 4.69) is 22.4 Å². The van der Waals surface area contributed by atoms with Gasteiger partial charge in [0, 0.05) is 37.7 Å². The first-order chi connectivity index (χ1) is 14.2. The van der Waals surface area contributed by atoms with Gasteiger partial charge in [0.2, 0.25) is 5.89 Å². The molecule has 1 amide bonds. The van der Waals surface area contributed by atoms with Crippen LogP contribution in [0.25, 0.3) is 0 Å². The van der Waals surface area contributed by atoms with E-state index in [-0.39, 0.29) is 5.91 Å². The van der Waals surface area contributed by atoms with E-state index in [4.69, 9.17) is 9.26 Å². The summed E-state index contributed by atoms with van der Waals surface area (Å²) in [7, 11) is 1.67. The van der Waals surface area contributed by atoms with Crippen LogP contribution in [0.4, 0.5) is 0 Å². The van der Waals surface area contributed by atoms with E-state index in [1.807, 2.05) is 29.2 Å². The largest absolute Gasteiger partial charge is 0.380 e. The highest BCUT2D eigenvalue weighted by molar-refractivity contribution is 5.94. The van der Waals surface area contributed by atoms with Crippen LogP contribution in [0, 0.1) is 5.92 Å². The number of carbonyl (C=O) groups is 1. The number of likely N-dealkylation sites (tertiary alicyclic amines) is 1. The number of piperidine rings is 1. The third-order valence-electron chi connectivity index (χ3n) is 5.99. The Morgan fingerprint density at radius 3 is 2.76 bits per heavy atom. The molecule has 2 aliphatic rings. The zero-order chi connectivity index (χ0) is 20.2. The SMILES string of the molecule is CCC1CN(C(=O)c2ccc(COC)cc2)CCC1NCc1noc(C2CC2)n1. The monoisotopic (exact) mass is 398 g/mol. The molecule has 156 valence electrons. The van der Waals surface area contributed by atoms with Crippen molar-refractivity contribution < 1.29 is 14.1 Å². The van der Waals surface area contributed by atoms with Gasteiger partial charge in [-0.1, -0.05) is 30.6 Å². The van der Waals surface area contributed by atoms with Gasteiger partial charge >= 0.3 is 0 Å². The maximum absolute atomic E-state index is 12.9. The molecular weight excluding hydrogens is 368 g/mol. The van der Waals surface area contributed by atoms with Gasteiger partial charge in [0.1, 0.15) is 0 Å². The molecule has 1 aromatic heterocycles. The van der Waals surface area contributed by atoms with Crippen LogP contribution in [0.1, 0.15) is 66.2 Å². The molecule has 29 heavy (non-hydrogen) atoms. The summed E-state index contributed by atoms with van der Waals surface area (Å²) in [6.45, 7) is 4.89. The van der Waals surface area contributed by atoms with E-state index < -0.39 is 0 Å². The Hall–Kier alpha value is -2.25. The van der Waals surface area contributed by atoms with Crippen molar-refractivity contribution in [3.8, 4) is 0 Å². The number of rotatable bonds is 8. The summed E-state index contributed by atoms with van der Waals surface area (Å²) in [5.41, 5.74) is 1.82. The van der Waals surface area contributed by atoms with Gasteiger partial charge in [-0.25, -0.2) is 0 Å². The average Bonchev–Trinajstić information content (AvgIpc) is 3.50. The van der Waals surface area contributed by atoms with Gasteiger partial charge in [-0.3, -0.25) is 4.79 Å². The highest BCUT2D eigenvalue weighted by Gasteiger charge is 2.32. The third kappa shape index (κ3) is 4.85. The summed E-state index contributed by atoms with van der Waals surface area (Å²) < 4.78 is 10.5. The molecule has 7 heteroatoms. The minimum atomic E-state index is 0.109. The van der Waals surface area contributed by atoms with Gasteiger partial charge < -0.3 is 19.5 Å². The first kappa shape index (κ1) is 20.0. The van der Waals surface area contributed by atoms with Crippen molar-refractivity contribution in [1.29, 1.82) is 0 Å². The smallest absolute Gasteiger partial charge is 0.253 e. The minimum Gasteiger partial charge on any atom is -0.380 e. The maximum Gasteiger partial charge on any atom is 0.253 e. The van der Waals surface area contributed by atoms with Gasteiger partial charge in [0.25, 0.3) is 5.91 Å². The highest BCUT2D eigenvalue weighted by atomic mass is 16.5. The van der Waals surface area contributed by atoms with Crippen LogP contribution in [-0.2, 0) is 17.9 Å². The number of hydrogen-bond donors (Lipinski definition) is 1. The Bertz CT molecular complexity index is 816. The molecule has 7 nitrogen and oxygen atoms in total. The van der Waals surface area contributed by atoms with Crippen LogP contribution in [-0.4, -0.2) is 47.2 Å². The molecule has 1 saturated carbocycles. The van der Waals surface area contributed by atoms with Gasteiger partial charge in [-0.05, 0) is 42.9 Å². The summed E-state index contributed by atoms with van der Waals surface area (Å²) in [5.74, 6) is 2.52. The lowest BCUT2D eigenvalue weighted by Gasteiger charge is -2.38. The Morgan fingerprint density at radius 2 is 2.07 bits per heavy atom. The molecule has 1 aliphatic carbocycles. The molecule has 2 unspecified atom stereocenters. The van der Waals surface area contributed by atoms with Gasteiger partial charge in [0.05, 0.1) is 13.2 Å². The lowest BCUT2D eigenvalue weighted by atomic mass is 9.89. The quantitative estimate of drug-likeness (QED) is 0.736. The molecule has 2 aromatic rings. The lowest BCUT2D eigenvalue weighted by Crippen LogP contribution is -2.50. The number of amides is 1. The van der Waals surface area contributed by atoms with Crippen molar-refractivity contribution in [2.24, 2.45) is 5.92 Å². The Morgan fingerprint density at radius 1 is 1.28 bits per heavy atom. The normalized spacial score (nSPS) is 22.1. The number of ether oxygens (including phenoxy) is 1. The fourth-order valence-corrected chi connectivity index (χ4v) is 4.05. The van der Waals surface area contributed by atoms with E-state index in [0.29, 0.717) is 31.0 Å². The van der Waals surface area contributed by atoms with Crippen LogP contribution in [0.15, 0.2) is 28.8 Å². The first-order valence-electron chi connectivity index (χ1n) is 10.6. The van der Waals surface area contributed by atoms with E-state index in [9.17, 15) is 4.79 Å². The summed E-state index contributed by atoms with van der Waals surface area (Å²) in [6.07, 6.45) is 4.27. The van der Waals surface area contributed by atoms with Gasteiger partial charge in [-0.2, -0.15) is 4.98 Å². The number of methoxy groups -OCH3 is 1. The van der Waals surface area contributed by atoms with Gasteiger partial charge in [0.15, 0.2) is 5.82 Å². The summed E-state index contributed by atoms with van der Waals surface area (Å²) in [5, 5.41) is 7.69. The second-order valence-electron chi connectivity index (χ2n) is 8.15. The molecule has 2 heterocycles. The maximum atomic E-state index is 12.9. The Kier molecular flexibility index (Phi) is 6.25. The second-order valence-corrected chi connectivity index (χ2v) is 8.15. The zero-order valence-electron chi connectivity index (χ0n) is 17.3. The van der Waals surface area contributed by atoms with Crippen molar-refractivity contribution in [2.45, 2.75) is 57.7 Å². The Balaban J connectivity index is 1.31. The number of nitrogens with zero attached hydrogens (tertiary/aromatic N) is 3. The fraction of sp³-hybridized carbons (Fsp3) is 0.591. The van der Waals surface area contributed by atoms with Crippen LogP contribution in [0.3, 0.4) is 0 Å². The molecule has 1 saturated heterocycles. The average molecular weight is 399 g/mol. The van der Waals surface area contributed by atoms with E-state index >= 15 is 0 Å². The molecule has 2 fully saturated rings. The van der Waals surface area contributed by atoms with Crippen molar-refractivity contribution in [3.05, 3.63) is 47.1 Å². The minimum absolute atomic E-state index is 0.109. The molecule has 1 aromatic carbocycles. The molecule has 1 N–H and O–H groups in total. The zero-order valence-corrected chi connectivity index (χ0v) is 17.3. The van der Waals surface area contributed by atoms with E-state index in [1.54, 1.807) is 7.11 Å². The van der Waals surface area contributed by atoms with E-state index in [0.717, 1.165) is 61.6 Å². The van der Waals surface area contributed by atoms with Crippen molar-refractivity contribution >= 4 is 5.91 Å². The molecular formula is C22H30N4O3. The van der Waals surface area contributed by atoms with Crippen LogP contribution < -0.4 is 5.32 Å².